The summed E-state index contributed by atoms with van der Waals surface area (Å²) in [6.45, 7) is 2.32. The highest BCUT2D eigenvalue weighted by molar-refractivity contribution is 7.91. The minimum absolute atomic E-state index is 0.0616. The average molecular weight is 297 g/mol. The quantitative estimate of drug-likeness (QED) is 0.880. The van der Waals surface area contributed by atoms with E-state index in [1.54, 1.807) is 4.90 Å². The van der Waals surface area contributed by atoms with Gasteiger partial charge < -0.3 is 5.11 Å². The van der Waals surface area contributed by atoms with Crippen molar-refractivity contribution < 1.29 is 18.3 Å². The maximum absolute atomic E-state index is 11.6. The maximum Gasteiger partial charge on any atom is 0.317 e. The van der Waals surface area contributed by atoms with Crippen molar-refractivity contribution in [1.29, 1.82) is 0 Å². The molecule has 0 aromatic heterocycles. The molecule has 0 bridgehead atoms. The van der Waals surface area contributed by atoms with Gasteiger partial charge in [-0.05, 0) is 18.9 Å². The SMILES string of the molecule is Cc1ccc(CN(CC(=O)O)C2CCS(=O)(=O)C2)cc1. The molecule has 0 radical (unpaired) electrons. The number of carbonyl (C=O) groups is 1. The molecule has 0 spiro atoms. The summed E-state index contributed by atoms with van der Waals surface area (Å²) in [5.41, 5.74) is 2.14. The molecule has 1 aliphatic rings. The van der Waals surface area contributed by atoms with Crippen LogP contribution in [-0.4, -0.2) is 48.5 Å². The van der Waals surface area contributed by atoms with Gasteiger partial charge in [-0.25, -0.2) is 8.42 Å². The zero-order valence-electron chi connectivity index (χ0n) is 11.4. The van der Waals surface area contributed by atoms with Crippen molar-refractivity contribution >= 4 is 15.8 Å². The van der Waals surface area contributed by atoms with E-state index in [1.165, 1.54) is 0 Å². The van der Waals surface area contributed by atoms with Crippen molar-refractivity contribution in [3.05, 3.63) is 35.4 Å². The summed E-state index contributed by atoms with van der Waals surface area (Å²) >= 11 is 0. The van der Waals surface area contributed by atoms with Gasteiger partial charge >= 0.3 is 5.97 Å². The number of hydrogen-bond donors (Lipinski definition) is 1. The molecule has 1 unspecified atom stereocenters. The zero-order valence-corrected chi connectivity index (χ0v) is 12.3. The van der Waals surface area contributed by atoms with Crippen molar-refractivity contribution in [2.45, 2.75) is 25.9 Å². The van der Waals surface area contributed by atoms with E-state index in [9.17, 15) is 13.2 Å². The van der Waals surface area contributed by atoms with Crippen LogP contribution in [0.15, 0.2) is 24.3 Å². The van der Waals surface area contributed by atoms with E-state index in [4.69, 9.17) is 5.11 Å². The molecule has 6 heteroatoms. The molecular weight excluding hydrogens is 278 g/mol. The van der Waals surface area contributed by atoms with Gasteiger partial charge in [0.15, 0.2) is 9.84 Å². The Kier molecular flexibility index (Phi) is 4.45. The summed E-state index contributed by atoms with van der Waals surface area (Å²) in [6, 6.07) is 7.65. The number of rotatable bonds is 5. The van der Waals surface area contributed by atoms with Crippen LogP contribution in [0.1, 0.15) is 17.5 Å². The molecule has 110 valence electrons. The molecule has 5 nitrogen and oxygen atoms in total. The molecule has 1 N–H and O–H groups in total. The molecule has 1 aromatic rings. The van der Waals surface area contributed by atoms with E-state index in [1.807, 2.05) is 31.2 Å². The first kappa shape index (κ1) is 15.0. The summed E-state index contributed by atoms with van der Waals surface area (Å²) in [6.07, 6.45) is 0.515. The van der Waals surface area contributed by atoms with Crippen LogP contribution in [0.3, 0.4) is 0 Å². The molecule has 20 heavy (non-hydrogen) atoms. The third kappa shape index (κ3) is 4.05. The van der Waals surface area contributed by atoms with Crippen molar-refractivity contribution in [2.75, 3.05) is 18.1 Å². The van der Waals surface area contributed by atoms with Gasteiger partial charge in [-0.15, -0.1) is 0 Å². The fraction of sp³-hybridized carbons (Fsp3) is 0.500. The van der Waals surface area contributed by atoms with E-state index < -0.39 is 15.8 Å². The highest BCUT2D eigenvalue weighted by Gasteiger charge is 2.33. The Hall–Kier alpha value is -1.40. The van der Waals surface area contributed by atoms with Gasteiger partial charge in [-0.1, -0.05) is 29.8 Å². The van der Waals surface area contributed by atoms with Gasteiger partial charge in [0.1, 0.15) is 0 Å². The third-order valence-electron chi connectivity index (χ3n) is 3.57. The second-order valence-corrected chi connectivity index (χ2v) is 7.57. The zero-order chi connectivity index (χ0) is 14.8. The van der Waals surface area contributed by atoms with E-state index in [-0.39, 0.29) is 24.1 Å². The number of benzene rings is 1. The molecule has 0 aliphatic carbocycles. The minimum Gasteiger partial charge on any atom is -0.480 e. The molecule has 2 rings (SSSR count). The summed E-state index contributed by atoms with van der Waals surface area (Å²) in [5.74, 6) is -0.713. The van der Waals surface area contributed by atoms with Crippen molar-refractivity contribution in [1.82, 2.24) is 4.90 Å². The summed E-state index contributed by atoms with van der Waals surface area (Å²) in [5, 5.41) is 9.01. The first-order valence-electron chi connectivity index (χ1n) is 6.57. The molecule has 1 fully saturated rings. The standard InChI is InChI=1S/C14H19NO4S/c1-11-2-4-12(5-3-11)8-15(9-14(16)17)13-6-7-20(18,19)10-13/h2-5,13H,6-10H2,1H3,(H,16,17). The number of aryl methyl sites for hydroxylation is 1. The fourth-order valence-electron chi connectivity index (χ4n) is 2.48. The Morgan fingerprint density at radius 3 is 2.50 bits per heavy atom. The van der Waals surface area contributed by atoms with Crippen LogP contribution in [0.25, 0.3) is 0 Å². The van der Waals surface area contributed by atoms with Crippen LogP contribution in [0.4, 0.5) is 0 Å². The van der Waals surface area contributed by atoms with E-state index in [0.717, 1.165) is 11.1 Å². The lowest BCUT2D eigenvalue weighted by atomic mass is 10.1. The molecule has 1 aromatic carbocycles. The van der Waals surface area contributed by atoms with Crippen LogP contribution in [0, 0.1) is 6.92 Å². The number of carboxylic acid groups (broad SMARTS) is 1. The first-order chi connectivity index (χ1) is 9.35. The Labute approximate surface area is 119 Å². The van der Waals surface area contributed by atoms with Gasteiger partial charge in [0.2, 0.25) is 0 Å². The van der Waals surface area contributed by atoms with Crippen LogP contribution in [-0.2, 0) is 21.2 Å². The van der Waals surface area contributed by atoms with Crippen LogP contribution < -0.4 is 0 Å². The monoisotopic (exact) mass is 297 g/mol. The second kappa shape index (κ2) is 5.93. The van der Waals surface area contributed by atoms with Gasteiger partial charge in [-0.3, -0.25) is 9.69 Å². The molecule has 0 amide bonds. The topological polar surface area (TPSA) is 74.7 Å². The van der Waals surface area contributed by atoms with Crippen molar-refractivity contribution in [3.63, 3.8) is 0 Å². The lowest BCUT2D eigenvalue weighted by Crippen LogP contribution is -2.39. The maximum atomic E-state index is 11.6. The van der Waals surface area contributed by atoms with Crippen LogP contribution in [0.5, 0.6) is 0 Å². The second-order valence-electron chi connectivity index (χ2n) is 5.34. The number of aliphatic carboxylic acids is 1. The molecule has 1 aliphatic heterocycles. The normalized spacial score (nSPS) is 21.2. The average Bonchev–Trinajstić information content (AvgIpc) is 2.71. The Morgan fingerprint density at radius 1 is 1.35 bits per heavy atom. The largest absolute Gasteiger partial charge is 0.480 e. The Bertz CT molecular complexity index is 580. The Morgan fingerprint density at radius 2 is 2.00 bits per heavy atom. The number of sulfone groups is 1. The summed E-state index contributed by atoms with van der Waals surface area (Å²) in [7, 11) is -3.01. The van der Waals surface area contributed by atoms with E-state index >= 15 is 0 Å². The molecule has 0 saturated carbocycles. The molecule has 1 atom stereocenters. The van der Waals surface area contributed by atoms with Crippen LogP contribution >= 0.6 is 0 Å². The molecule has 1 heterocycles. The minimum atomic E-state index is -3.01. The highest BCUT2D eigenvalue weighted by atomic mass is 32.2. The highest BCUT2D eigenvalue weighted by Crippen LogP contribution is 2.20. The van der Waals surface area contributed by atoms with E-state index in [0.29, 0.717) is 13.0 Å². The molecule has 1 saturated heterocycles. The van der Waals surface area contributed by atoms with Crippen molar-refractivity contribution in [2.24, 2.45) is 0 Å². The predicted molar refractivity (Wildman–Crippen MR) is 76.3 cm³/mol. The predicted octanol–water partition coefficient (Wildman–Crippen LogP) is 1.07. The van der Waals surface area contributed by atoms with E-state index in [2.05, 4.69) is 0 Å². The molecular formula is C14H19NO4S. The van der Waals surface area contributed by atoms with Gasteiger partial charge in [-0.2, -0.15) is 0 Å². The van der Waals surface area contributed by atoms with Gasteiger partial charge in [0.05, 0.1) is 18.1 Å². The van der Waals surface area contributed by atoms with Gasteiger partial charge in [0.25, 0.3) is 0 Å². The van der Waals surface area contributed by atoms with Crippen molar-refractivity contribution in [3.8, 4) is 0 Å². The number of hydrogen-bond acceptors (Lipinski definition) is 4. The van der Waals surface area contributed by atoms with Gasteiger partial charge in [0, 0.05) is 12.6 Å². The number of carboxylic acids is 1. The summed E-state index contributed by atoms with van der Waals surface area (Å²) in [4.78, 5) is 12.7. The smallest absolute Gasteiger partial charge is 0.317 e. The number of nitrogens with zero attached hydrogens (tertiary/aromatic N) is 1. The lowest BCUT2D eigenvalue weighted by Gasteiger charge is -2.26. The Balaban J connectivity index is 2.11. The fourth-order valence-corrected chi connectivity index (χ4v) is 4.24. The first-order valence-corrected chi connectivity index (χ1v) is 8.40. The van der Waals surface area contributed by atoms with Crippen LogP contribution in [0.2, 0.25) is 0 Å². The summed E-state index contributed by atoms with van der Waals surface area (Å²) < 4.78 is 23.1. The lowest BCUT2D eigenvalue weighted by molar-refractivity contribution is -0.139. The third-order valence-corrected chi connectivity index (χ3v) is 5.32.